The first-order valence-electron chi connectivity index (χ1n) is 11.3. The summed E-state index contributed by atoms with van der Waals surface area (Å²) >= 11 is 0. The van der Waals surface area contributed by atoms with Gasteiger partial charge in [-0.25, -0.2) is 4.98 Å². The molecule has 2 aliphatic heterocycles. The quantitative estimate of drug-likeness (QED) is 0.661. The van der Waals surface area contributed by atoms with E-state index in [1.165, 1.54) is 11.1 Å². The summed E-state index contributed by atoms with van der Waals surface area (Å²) in [7, 11) is 0. The number of carbonyl (C=O) groups excluding carboxylic acids is 1. The van der Waals surface area contributed by atoms with Crippen LogP contribution < -0.4 is 5.32 Å². The molecule has 3 heterocycles. The standard InChI is InChI=1S/C24H33N5O2/c1-19(2)21-7-5-20(6-8-21)16-29-12-3-9-24(17-29)15-22(27-31-24)23(30)26-10-4-13-28-14-11-25-18-28/h5-8,11,14,18-19H,3-4,9-10,12-13,15-17H2,1-2H3,(H,26,30). The lowest BCUT2D eigenvalue weighted by Crippen LogP contribution is -2.48. The average molecular weight is 424 g/mol. The number of aryl methyl sites for hydroxylation is 1. The van der Waals surface area contributed by atoms with Crippen LogP contribution in [0.5, 0.6) is 0 Å². The molecule has 1 aromatic heterocycles. The van der Waals surface area contributed by atoms with Gasteiger partial charge in [0.1, 0.15) is 5.71 Å². The van der Waals surface area contributed by atoms with Gasteiger partial charge >= 0.3 is 0 Å². The molecule has 166 valence electrons. The molecule has 2 aromatic rings. The van der Waals surface area contributed by atoms with E-state index in [9.17, 15) is 4.79 Å². The van der Waals surface area contributed by atoms with Gasteiger partial charge in [0, 0.05) is 45.0 Å². The van der Waals surface area contributed by atoms with E-state index in [1.54, 1.807) is 12.5 Å². The molecule has 0 aliphatic carbocycles. The molecule has 1 amide bonds. The van der Waals surface area contributed by atoms with Crippen LogP contribution >= 0.6 is 0 Å². The first-order valence-corrected chi connectivity index (χ1v) is 11.3. The van der Waals surface area contributed by atoms with Crippen molar-refractivity contribution in [2.45, 2.75) is 64.1 Å². The van der Waals surface area contributed by atoms with Crippen LogP contribution in [0.2, 0.25) is 0 Å². The van der Waals surface area contributed by atoms with Gasteiger partial charge in [0.25, 0.3) is 5.91 Å². The van der Waals surface area contributed by atoms with Crippen molar-refractivity contribution < 1.29 is 9.63 Å². The Kier molecular flexibility index (Phi) is 6.70. The maximum Gasteiger partial charge on any atom is 0.269 e. The third-order valence-corrected chi connectivity index (χ3v) is 6.21. The van der Waals surface area contributed by atoms with Gasteiger partial charge in [-0.2, -0.15) is 0 Å². The highest BCUT2D eigenvalue weighted by molar-refractivity contribution is 6.39. The van der Waals surface area contributed by atoms with E-state index in [2.05, 4.69) is 58.5 Å². The zero-order valence-corrected chi connectivity index (χ0v) is 18.6. The van der Waals surface area contributed by atoms with Crippen LogP contribution in [0.4, 0.5) is 0 Å². The molecule has 1 aromatic carbocycles. The van der Waals surface area contributed by atoms with E-state index < -0.39 is 0 Å². The first kappa shape index (κ1) is 21.6. The zero-order valence-electron chi connectivity index (χ0n) is 18.6. The van der Waals surface area contributed by atoms with Gasteiger partial charge in [-0.15, -0.1) is 0 Å². The molecule has 1 fully saturated rings. The number of hydrogen-bond donors (Lipinski definition) is 1. The van der Waals surface area contributed by atoms with Crippen molar-refractivity contribution in [3.8, 4) is 0 Å². The number of nitrogens with one attached hydrogen (secondary N) is 1. The molecule has 1 unspecified atom stereocenters. The fraction of sp³-hybridized carbons (Fsp3) is 0.542. The van der Waals surface area contributed by atoms with Crippen molar-refractivity contribution in [2.75, 3.05) is 19.6 Å². The Balaban J connectivity index is 1.24. The van der Waals surface area contributed by atoms with Crippen LogP contribution in [0.3, 0.4) is 0 Å². The summed E-state index contributed by atoms with van der Waals surface area (Å²) in [5.74, 6) is 0.440. The van der Waals surface area contributed by atoms with E-state index in [0.717, 1.165) is 45.4 Å². The van der Waals surface area contributed by atoms with Crippen LogP contribution in [0, 0.1) is 0 Å². The van der Waals surface area contributed by atoms with Crippen molar-refractivity contribution in [3.05, 3.63) is 54.1 Å². The van der Waals surface area contributed by atoms with Gasteiger partial charge in [0.15, 0.2) is 5.60 Å². The SMILES string of the molecule is CC(C)c1ccc(CN2CCCC3(CC(C(=O)NCCCn4ccnc4)=NO3)C2)cc1. The molecular formula is C24H33N5O2. The molecule has 1 spiro atoms. The fourth-order valence-corrected chi connectivity index (χ4v) is 4.44. The number of oxime groups is 1. The number of amides is 1. The van der Waals surface area contributed by atoms with Gasteiger partial charge in [0.2, 0.25) is 0 Å². The third-order valence-electron chi connectivity index (χ3n) is 6.21. The number of piperidine rings is 1. The van der Waals surface area contributed by atoms with Crippen LogP contribution in [-0.4, -0.2) is 51.3 Å². The Morgan fingerprint density at radius 3 is 2.87 bits per heavy atom. The largest absolute Gasteiger partial charge is 0.387 e. The zero-order chi connectivity index (χ0) is 21.7. The van der Waals surface area contributed by atoms with Crippen molar-refractivity contribution in [2.24, 2.45) is 5.16 Å². The lowest BCUT2D eigenvalue weighted by molar-refractivity contribution is -0.114. The number of rotatable bonds is 8. The molecule has 0 bridgehead atoms. The van der Waals surface area contributed by atoms with Crippen molar-refractivity contribution in [1.82, 2.24) is 19.8 Å². The molecule has 31 heavy (non-hydrogen) atoms. The van der Waals surface area contributed by atoms with Crippen LogP contribution in [0.1, 0.15) is 56.6 Å². The normalized spacial score (nSPS) is 21.3. The average Bonchev–Trinajstić information content (AvgIpc) is 3.42. The van der Waals surface area contributed by atoms with Gasteiger partial charge in [-0.05, 0) is 42.9 Å². The number of likely N-dealkylation sites (tertiary alicyclic amines) is 1. The number of nitrogens with zero attached hydrogens (tertiary/aromatic N) is 4. The van der Waals surface area contributed by atoms with Crippen molar-refractivity contribution >= 4 is 11.6 Å². The third kappa shape index (κ3) is 5.53. The molecule has 7 heteroatoms. The highest BCUT2D eigenvalue weighted by Gasteiger charge is 2.44. The van der Waals surface area contributed by atoms with Gasteiger partial charge in [-0.1, -0.05) is 43.3 Å². The Labute approximate surface area is 184 Å². The first-order chi connectivity index (χ1) is 15.0. The van der Waals surface area contributed by atoms with Crippen molar-refractivity contribution in [3.63, 3.8) is 0 Å². The Bertz CT molecular complexity index is 891. The molecule has 2 aliphatic rings. The van der Waals surface area contributed by atoms with Gasteiger partial charge < -0.3 is 14.7 Å². The molecule has 1 atom stereocenters. The summed E-state index contributed by atoms with van der Waals surface area (Å²) in [6, 6.07) is 8.91. The fourth-order valence-electron chi connectivity index (χ4n) is 4.44. The topological polar surface area (TPSA) is 71.8 Å². The molecule has 0 radical (unpaired) electrons. The number of aromatic nitrogens is 2. The van der Waals surface area contributed by atoms with E-state index in [-0.39, 0.29) is 11.5 Å². The van der Waals surface area contributed by atoms with Gasteiger partial charge in [0.05, 0.1) is 6.33 Å². The van der Waals surface area contributed by atoms with E-state index in [1.807, 2.05) is 10.8 Å². The molecule has 1 saturated heterocycles. The predicted molar refractivity (Wildman–Crippen MR) is 121 cm³/mol. The summed E-state index contributed by atoms with van der Waals surface area (Å²) in [6.07, 6.45) is 8.91. The minimum Gasteiger partial charge on any atom is -0.387 e. The second-order valence-electron chi connectivity index (χ2n) is 9.11. The highest BCUT2D eigenvalue weighted by atomic mass is 16.7. The molecule has 7 nitrogen and oxygen atoms in total. The summed E-state index contributed by atoms with van der Waals surface area (Å²) in [4.78, 5) is 24.9. The maximum atomic E-state index is 12.5. The van der Waals surface area contributed by atoms with E-state index >= 15 is 0 Å². The Hall–Kier alpha value is -2.67. The van der Waals surface area contributed by atoms with Crippen LogP contribution in [0.25, 0.3) is 0 Å². The van der Waals surface area contributed by atoms with Crippen LogP contribution in [0.15, 0.2) is 48.1 Å². The number of carbonyl (C=O) groups is 1. The van der Waals surface area contributed by atoms with Crippen LogP contribution in [-0.2, 0) is 22.7 Å². The number of benzene rings is 1. The Morgan fingerprint density at radius 2 is 2.13 bits per heavy atom. The summed E-state index contributed by atoms with van der Waals surface area (Å²) < 4.78 is 2.00. The highest BCUT2D eigenvalue weighted by Crippen LogP contribution is 2.34. The van der Waals surface area contributed by atoms with E-state index in [4.69, 9.17) is 4.84 Å². The minimum absolute atomic E-state index is 0.107. The predicted octanol–water partition coefficient (Wildman–Crippen LogP) is 3.32. The smallest absolute Gasteiger partial charge is 0.269 e. The Morgan fingerprint density at radius 1 is 1.29 bits per heavy atom. The molecule has 0 saturated carbocycles. The maximum absolute atomic E-state index is 12.5. The minimum atomic E-state index is -0.362. The molecule has 1 N–H and O–H groups in total. The van der Waals surface area contributed by atoms with Gasteiger partial charge in [-0.3, -0.25) is 9.69 Å². The number of imidazole rings is 1. The van der Waals surface area contributed by atoms with Crippen molar-refractivity contribution in [1.29, 1.82) is 0 Å². The molecular weight excluding hydrogens is 390 g/mol. The summed E-state index contributed by atoms with van der Waals surface area (Å²) in [5, 5.41) is 7.15. The van der Waals surface area contributed by atoms with E-state index in [0.29, 0.717) is 24.6 Å². The summed E-state index contributed by atoms with van der Waals surface area (Å²) in [5.41, 5.74) is 2.84. The summed E-state index contributed by atoms with van der Waals surface area (Å²) in [6.45, 7) is 8.64. The lowest BCUT2D eigenvalue weighted by Gasteiger charge is -2.38. The monoisotopic (exact) mass is 423 g/mol. The lowest BCUT2D eigenvalue weighted by atomic mass is 9.87. The second-order valence-corrected chi connectivity index (χ2v) is 9.11. The number of hydrogen-bond acceptors (Lipinski definition) is 5. The molecule has 4 rings (SSSR count). The second kappa shape index (κ2) is 9.64.